The van der Waals surface area contributed by atoms with Gasteiger partial charge in [0.25, 0.3) is 0 Å². The molecule has 0 saturated heterocycles. The minimum atomic E-state index is -0.572. The Labute approximate surface area is 173 Å². The van der Waals surface area contributed by atoms with Gasteiger partial charge in [-0.3, -0.25) is 0 Å². The molecule has 0 heterocycles. The number of nitrogens with two attached hydrogens (primary N) is 1. The lowest BCUT2D eigenvalue weighted by atomic mass is 10.0. The summed E-state index contributed by atoms with van der Waals surface area (Å²) in [6.45, 7) is 3.91. The van der Waals surface area contributed by atoms with E-state index < -0.39 is 6.10 Å². The third-order valence-corrected chi connectivity index (χ3v) is 5.24. The number of aliphatic hydroxyl groups is 2. The summed E-state index contributed by atoms with van der Waals surface area (Å²) in [5.74, 6) is 0. The Morgan fingerprint density at radius 1 is 0.926 bits per heavy atom. The van der Waals surface area contributed by atoms with Crippen molar-refractivity contribution < 1.29 is 15.5 Å². The van der Waals surface area contributed by atoms with Crippen LogP contribution in [0.5, 0.6) is 0 Å². The van der Waals surface area contributed by atoms with Gasteiger partial charge in [0.1, 0.15) is 12.1 Å². The van der Waals surface area contributed by atoms with E-state index in [-0.39, 0.29) is 18.2 Å². The Kier molecular flexibility index (Phi) is 10.4. The molecule has 0 aliphatic rings. The molecule has 2 aromatic rings. The van der Waals surface area contributed by atoms with Crippen LogP contribution < -0.4 is 5.32 Å². The van der Waals surface area contributed by atoms with Gasteiger partial charge >= 0.3 is 0 Å². The summed E-state index contributed by atoms with van der Waals surface area (Å²) in [6, 6.07) is 19.3. The standard InChI is InChI=1S/C11H15NOS2.C10H15NO/c1-8(12(2)11(14)15)10(13)9-6-4-3-5-7-9;1-8(11-2)10(12)9-6-4-3-5-7-9/h3-8,10,13H,1-2H3,(H,14,15);3-8,10-12H,1-2H3/t2*8-,10-/m01/s1. The van der Waals surface area contributed by atoms with Gasteiger partial charge in [-0.1, -0.05) is 65.0 Å². The largest absolute Gasteiger partial charge is 0.411 e. The van der Waals surface area contributed by atoms with Crippen molar-refractivity contribution in [2.75, 3.05) is 14.1 Å². The number of aliphatic hydroxyl groups excluding tert-OH is 2. The number of rotatable bonds is 6. The molecule has 2 rings (SSSR count). The lowest BCUT2D eigenvalue weighted by molar-refractivity contribution is -0.669. The number of likely N-dealkylation sites (N-methyl/N-ethyl adjacent to an activating group) is 2. The topological polar surface area (TPSA) is 60.3 Å². The first-order valence-corrected chi connectivity index (χ1v) is 9.80. The van der Waals surface area contributed by atoms with Crippen molar-refractivity contribution in [3.8, 4) is 0 Å². The van der Waals surface area contributed by atoms with Crippen molar-refractivity contribution in [2.45, 2.75) is 38.1 Å². The summed E-state index contributed by atoms with van der Waals surface area (Å²) in [5.41, 5.74) is 1.87. The van der Waals surface area contributed by atoms with Crippen molar-refractivity contribution in [1.29, 1.82) is 0 Å². The number of quaternary nitrogens is 1. The summed E-state index contributed by atoms with van der Waals surface area (Å²) < 4.78 is 0.373. The van der Waals surface area contributed by atoms with Crippen LogP contribution in [0.2, 0.25) is 0 Å². The predicted octanol–water partition coefficient (Wildman–Crippen LogP) is 2.17. The normalized spacial score (nSPS) is 14.9. The van der Waals surface area contributed by atoms with E-state index in [0.29, 0.717) is 4.32 Å². The molecule has 2 aromatic carbocycles. The molecule has 4 atom stereocenters. The van der Waals surface area contributed by atoms with Gasteiger partial charge in [0, 0.05) is 7.05 Å². The highest BCUT2D eigenvalue weighted by atomic mass is 32.1. The lowest BCUT2D eigenvalue weighted by Crippen LogP contribution is -2.86. The highest BCUT2D eigenvalue weighted by Crippen LogP contribution is 2.19. The first-order valence-electron chi connectivity index (χ1n) is 8.98. The highest BCUT2D eigenvalue weighted by molar-refractivity contribution is 8.00. The summed E-state index contributed by atoms with van der Waals surface area (Å²) in [6.07, 6.45) is -0.937. The summed E-state index contributed by atoms with van der Waals surface area (Å²) >= 11 is 9.79. The zero-order valence-corrected chi connectivity index (χ0v) is 18.0. The van der Waals surface area contributed by atoms with Crippen molar-refractivity contribution in [3.05, 3.63) is 71.8 Å². The third-order valence-electron chi connectivity index (χ3n) is 4.66. The maximum Gasteiger partial charge on any atom is 0.130 e. The van der Waals surface area contributed by atoms with Crippen LogP contribution in [0.1, 0.15) is 37.2 Å². The molecule has 0 aliphatic heterocycles. The number of benzene rings is 2. The second kappa shape index (κ2) is 12.0. The van der Waals surface area contributed by atoms with Gasteiger partial charge < -0.3 is 45.3 Å². The van der Waals surface area contributed by atoms with Crippen LogP contribution in [0, 0.1) is 0 Å². The van der Waals surface area contributed by atoms with Gasteiger partial charge in [-0.15, -0.1) is 0 Å². The zero-order chi connectivity index (χ0) is 20.4. The highest BCUT2D eigenvalue weighted by Gasteiger charge is 2.18. The maximum atomic E-state index is 10.1. The summed E-state index contributed by atoms with van der Waals surface area (Å²) in [4.78, 5) is 1.72. The SMILES string of the molecule is C[C@@H]([C@H](O)c1ccccc1)N(C)C(=S)[S-].C[NH2+][C@H](C)[C@@H](O)c1ccccc1. The van der Waals surface area contributed by atoms with E-state index in [0.717, 1.165) is 11.1 Å². The van der Waals surface area contributed by atoms with E-state index in [1.165, 1.54) is 0 Å². The minimum absolute atomic E-state index is 0.114. The molecule has 0 unspecified atom stereocenters. The molecule has 6 heteroatoms. The molecule has 0 aliphatic carbocycles. The van der Waals surface area contributed by atoms with Crippen LogP contribution in [0.15, 0.2) is 60.7 Å². The van der Waals surface area contributed by atoms with E-state index in [1.807, 2.05) is 86.9 Å². The van der Waals surface area contributed by atoms with Crippen LogP contribution in [0.4, 0.5) is 0 Å². The number of hydrogen-bond donors (Lipinski definition) is 3. The van der Waals surface area contributed by atoms with E-state index in [4.69, 9.17) is 24.8 Å². The minimum Gasteiger partial charge on any atom is -0.411 e. The fraction of sp³-hybridized carbons (Fsp3) is 0.381. The Morgan fingerprint density at radius 3 is 1.70 bits per heavy atom. The molecule has 0 radical (unpaired) electrons. The maximum absolute atomic E-state index is 10.1. The van der Waals surface area contributed by atoms with Gasteiger partial charge in [0.05, 0.1) is 19.2 Å². The predicted molar refractivity (Wildman–Crippen MR) is 117 cm³/mol. The average Bonchev–Trinajstić information content (AvgIpc) is 2.72. The van der Waals surface area contributed by atoms with Crippen LogP contribution in [0.25, 0.3) is 0 Å². The number of nitrogens with zero attached hydrogens (tertiary/aromatic N) is 1. The van der Waals surface area contributed by atoms with Crippen LogP contribution in [-0.4, -0.2) is 45.6 Å². The van der Waals surface area contributed by atoms with Gasteiger partial charge in [-0.25, -0.2) is 0 Å². The molecule has 0 amide bonds. The Bertz CT molecular complexity index is 670. The molecular weight excluding hydrogens is 376 g/mol. The molecular formula is C21H30N2O2S2. The Morgan fingerprint density at radius 2 is 1.33 bits per heavy atom. The van der Waals surface area contributed by atoms with E-state index in [9.17, 15) is 10.2 Å². The van der Waals surface area contributed by atoms with Gasteiger partial charge in [-0.05, 0) is 25.0 Å². The number of hydrogen-bond acceptors (Lipinski definition) is 4. The smallest absolute Gasteiger partial charge is 0.130 e. The molecule has 0 spiro atoms. The molecule has 148 valence electrons. The molecule has 4 N–H and O–H groups in total. The van der Waals surface area contributed by atoms with Crippen LogP contribution in [-0.2, 0) is 12.6 Å². The molecule has 0 fully saturated rings. The number of thiocarbonyl (C=S) groups is 1. The second-order valence-corrected chi connectivity index (χ2v) is 7.55. The van der Waals surface area contributed by atoms with Crippen LogP contribution in [0.3, 0.4) is 0 Å². The fourth-order valence-corrected chi connectivity index (χ4v) is 2.78. The monoisotopic (exact) mass is 406 g/mol. The van der Waals surface area contributed by atoms with E-state index >= 15 is 0 Å². The van der Waals surface area contributed by atoms with Crippen molar-refractivity contribution in [1.82, 2.24) is 4.90 Å². The fourth-order valence-electron chi connectivity index (χ4n) is 2.44. The lowest BCUT2D eigenvalue weighted by Gasteiger charge is -2.33. The molecule has 27 heavy (non-hydrogen) atoms. The Balaban J connectivity index is 0.000000277. The molecule has 4 nitrogen and oxygen atoms in total. The second-order valence-electron chi connectivity index (χ2n) is 6.52. The van der Waals surface area contributed by atoms with Crippen LogP contribution >= 0.6 is 12.2 Å². The Hall–Kier alpha value is -1.57. The van der Waals surface area contributed by atoms with Gasteiger partial charge in [0.2, 0.25) is 0 Å². The molecule has 0 saturated carbocycles. The summed E-state index contributed by atoms with van der Waals surface area (Å²) in [5, 5.41) is 21.8. The molecule has 0 aromatic heterocycles. The third kappa shape index (κ3) is 7.52. The van der Waals surface area contributed by atoms with Gasteiger partial charge in [0.15, 0.2) is 0 Å². The average molecular weight is 407 g/mol. The summed E-state index contributed by atoms with van der Waals surface area (Å²) in [7, 11) is 3.77. The first-order chi connectivity index (χ1) is 12.8. The van der Waals surface area contributed by atoms with Crippen molar-refractivity contribution >= 4 is 29.2 Å². The van der Waals surface area contributed by atoms with Crippen molar-refractivity contribution in [3.63, 3.8) is 0 Å². The first kappa shape index (κ1) is 23.5. The van der Waals surface area contributed by atoms with E-state index in [2.05, 4.69) is 0 Å². The van der Waals surface area contributed by atoms with E-state index in [1.54, 1.807) is 11.9 Å². The van der Waals surface area contributed by atoms with Gasteiger partial charge in [-0.2, -0.15) is 0 Å². The quantitative estimate of drug-likeness (QED) is 0.507. The van der Waals surface area contributed by atoms with Crippen molar-refractivity contribution in [2.24, 2.45) is 0 Å². The molecule has 0 bridgehead atoms. The zero-order valence-electron chi connectivity index (χ0n) is 16.3.